The quantitative estimate of drug-likeness (QED) is 0.903. The Balaban J connectivity index is 1.87. The molecule has 2 heterocycles. The zero-order valence-electron chi connectivity index (χ0n) is 11.2. The van der Waals surface area contributed by atoms with Crippen molar-refractivity contribution >= 4 is 11.9 Å². The van der Waals surface area contributed by atoms with Crippen molar-refractivity contribution in [3.63, 3.8) is 0 Å². The third kappa shape index (κ3) is 2.34. The van der Waals surface area contributed by atoms with Gasteiger partial charge in [-0.3, -0.25) is 0 Å². The van der Waals surface area contributed by atoms with Crippen molar-refractivity contribution in [3.8, 4) is 0 Å². The van der Waals surface area contributed by atoms with Gasteiger partial charge in [0.2, 0.25) is 5.95 Å². The van der Waals surface area contributed by atoms with Crippen LogP contribution in [0.3, 0.4) is 0 Å². The highest BCUT2D eigenvalue weighted by atomic mass is 16.4. The van der Waals surface area contributed by atoms with Crippen molar-refractivity contribution in [1.82, 2.24) is 9.97 Å². The normalized spacial score (nSPS) is 13.9. The Morgan fingerprint density at radius 1 is 1.30 bits per heavy atom. The molecule has 5 heteroatoms. The van der Waals surface area contributed by atoms with E-state index < -0.39 is 5.97 Å². The molecule has 20 heavy (non-hydrogen) atoms. The van der Waals surface area contributed by atoms with Gasteiger partial charge >= 0.3 is 5.97 Å². The SMILES string of the molecule is Cc1ccnc(N2CCc3cc(C(=O)O)ccc3C2)n1. The molecule has 5 nitrogen and oxygen atoms in total. The van der Waals surface area contributed by atoms with Crippen LogP contribution in [0.1, 0.15) is 27.2 Å². The number of aromatic nitrogens is 2. The van der Waals surface area contributed by atoms with Crippen molar-refractivity contribution < 1.29 is 9.90 Å². The summed E-state index contributed by atoms with van der Waals surface area (Å²) >= 11 is 0. The monoisotopic (exact) mass is 269 g/mol. The number of hydrogen-bond donors (Lipinski definition) is 1. The molecule has 0 radical (unpaired) electrons. The Morgan fingerprint density at radius 2 is 2.15 bits per heavy atom. The van der Waals surface area contributed by atoms with E-state index in [1.54, 1.807) is 18.3 Å². The third-order valence-electron chi connectivity index (χ3n) is 3.53. The van der Waals surface area contributed by atoms with Crippen LogP contribution in [0.15, 0.2) is 30.5 Å². The lowest BCUT2D eigenvalue weighted by molar-refractivity contribution is 0.0696. The Kier molecular flexibility index (Phi) is 3.10. The average Bonchev–Trinajstić information content (AvgIpc) is 2.46. The van der Waals surface area contributed by atoms with Crippen LogP contribution in [-0.2, 0) is 13.0 Å². The van der Waals surface area contributed by atoms with Gasteiger partial charge in [-0.05, 0) is 42.7 Å². The van der Waals surface area contributed by atoms with Crippen LogP contribution in [0.5, 0.6) is 0 Å². The fourth-order valence-electron chi connectivity index (χ4n) is 2.44. The van der Waals surface area contributed by atoms with E-state index >= 15 is 0 Å². The van der Waals surface area contributed by atoms with Gasteiger partial charge in [-0.25, -0.2) is 14.8 Å². The molecule has 1 aromatic carbocycles. The highest BCUT2D eigenvalue weighted by Gasteiger charge is 2.19. The maximum atomic E-state index is 11.0. The number of carbonyl (C=O) groups is 1. The number of carboxylic acids is 1. The lowest BCUT2D eigenvalue weighted by Crippen LogP contribution is -2.32. The number of aryl methyl sites for hydroxylation is 1. The highest BCUT2D eigenvalue weighted by Crippen LogP contribution is 2.23. The molecule has 0 bridgehead atoms. The van der Waals surface area contributed by atoms with E-state index in [0.717, 1.165) is 42.3 Å². The summed E-state index contributed by atoms with van der Waals surface area (Å²) in [6.07, 6.45) is 2.58. The maximum absolute atomic E-state index is 11.0. The second-order valence-electron chi connectivity index (χ2n) is 4.96. The summed E-state index contributed by atoms with van der Waals surface area (Å²) in [5, 5.41) is 9.02. The first-order chi connectivity index (χ1) is 9.63. The van der Waals surface area contributed by atoms with Crippen LogP contribution in [0.2, 0.25) is 0 Å². The predicted octanol–water partition coefficient (Wildman–Crippen LogP) is 2.05. The van der Waals surface area contributed by atoms with Gasteiger partial charge in [0.05, 0.1) is 5.56 Å². The van der Waals surface area contributed by atoms with Gasteiger partial charge in [-0.1, -0.05) is 6.07 Å². The summed E-state index contributed by atoms with van der Waals surface area (Å²) < 4.78 is 0. The molecule has 2 aromatic rings. The standard InChI is InChI=1S/C15H15N3O2/c1-10-4-6-16-15(17-10)18-7-5-11-8-12(14(19)20)2-3-13(11)9-18/h2-4,6,8H,5,7,9H2,1H3,(H,19,20). The number of rotatable bonds is 2. The molecular formula is C15H15N3O2. The molecule has 0 saturated heterocycles. The van der Waals surface area contributed by atoms with Crippen molar-refractivity contribution in [1.29, 1.82) is 0 Å². The molecule has 3 rings (SSSR count). The van der Waals surface area contributed by atoms with E-state index in [4.69, 9.17) is 5.11 Å². The predicted molar refractivity (Wildman–Crippen MR) is 74.9 cm³/mol. The van der Waals surface area contributed by atoms with Crippen LogP contribution < -0.4 is 4.90 Å². The number of benzene rings is 1. The largest absolute Gasteiger partial charge is 0.478 e. The van der Waals surface area contributed by atoms with E-state index in [9.17, 15) is 4.79 Å². The average molecular weight is 269 g/mol. The fraction of sp³-hybridized carbons (Fsp3) is 0.267. The van der Waals surface area contributed by atoms with Gasteiger partial charge in [0.15, 0.2) is 0 Å². The topological polar surface area (TPSA) is 66.3 Å². The second-order valence-corrected chi connectivity index (χ2v) is 4.96. The maximum Gasteiger partial charge on any atom is 0.335 e. The van der Waals surface area contributed by atoms with Gasteiger partial charge in [0.1, 0.15) is 0 Å². The molecule has 1 aromatic heterocycles. The van der Waals surface area contributed by atoms with E-state index in [-0.39, 0.29) is 0 Å². The Labute approximate surface area is 116 Å². The second kappa shape index (κ2) is 4.92. The van der Waals surface area contributed by atoms with Crippen LogP contribution in [-0.4, -0.2) is 27.6 Å². The van der Waals surface area contributed by atoms with Crippen molar-refractivity contribution in [2.75, 3.05) is 11.4 Å². The molecule has 0 atom stereocenters. The van der Waals surface area contributed by atoms with Gasteiger partial charge in [-0.2, -0.15) is 0 Å². The highest BCUT2D eigenvalue weighted by molar-refractivity contribution is 5.88. The molecule has 0 fully saturated rings. The van der Waals surface area contributed by atoms with Crippen LogP contribution in [0.4, 0.5) is 5.95 Å². The lowest BCUT2D eigenvalue weighted by atomic mass is 9.97. The number of anilines is 1. The van der Waals surface area contributed by atoms with Crippen molar-refractivity contribution in [2.45, 2.75) is 19.9 Å². The Morgan fingerprint density at radius 3 is 2.90 bits per heavy atom. The van der Waals surface area contributed by atoms with Crippen LogP contribution in [0, 0.1) is 6.92 Å². The lowest BCUT2D eigenvalue weighted by Gasteiger charge is -2.29. The number of nitrogens with zero attached hydrogens (tertiary/aromatic N) is 3. The molecule has 1 N–H and O–H groups in total. The first kappa shape index (κ1) is 12.6. The Bertz CT molecular complexity index is 670. The molecule has 1 aliphatic rings. The summed E-state index contributed by atoms with van der Waals surface area (Å²) in [6.45, 7) is 3.47. The molecular weight excluding hydrogens is 254 g/mol. The number of carboxylic acid groups (broad SMARTS) is 1. The molecule has 0 saturated carbocycles. The summed E-state index contributed by atoms with van der Waals surface area (Å²) in [6, 6.07) is 7.19. The van der Waals surface area contributed by atoms with E-state index in [1.165, 1.54) is 0 Å². The van der Waals surface area contributed by atoms with Crippen LogP contribution >= 0.6 is 0 Å². The number of aromatic carboxylic acids is 1. The molecule has 0 unspecified atom stereocenters. The summed E-state index contributed by atoms with van der Waals surface area (Å²) in [4.78, 5) is 21.8. The minimum atomic E-state index is -0.878. The van der Waals surface area contributed by atoms with Crippen molar-refractivity contribution in [2.24, 2.45) is 0 Å². The van der Waals surface area contributed by atoms with Gasteiger partial charge in [-0.15, -0.1) is 0 Å². The van der Waals surface area contributed by atoms with E-state index in [2.05, 4.69) is 14.9 Å². The summed E-state index contributed by atoms with van der Waals surface area (Å²) in [7, 11) is 0. The number of hydrogen-bond acceptors (Lipinski definition) is 4. The van der Waals surface area contributed by atoms with Gasteiger partial charge in [0.25, 0.3) is 0 Å². The third-order valence-corrected chi connectivity index (χ3v) is 3.53. The molecule has 1 aliphatic heterocycles. The zero-order valence-corrected chi connectivity index (χ0v) is 11.2. The number of fused-ring (bicyclic) bond motifs is 1. The van der Waals surface area contributed by atoms with Gasteiger partial charge < -0.3 is 10.0 Å². The van der Waals surface area contributed by atoms with Gasteiger partial charge in [0, 0.05) is 25.0 Å². The summed E-state index contributed by atoms with van der Waals surface area (Å²) in [5.74, 6) is -0.143. The molecule has 0 aliphatic carbocycles. The molecule has 102 valence electrons. The minimum Gasteiger partial charge on any atom is -0.478 e. The van der Waals surface area contributed by atoms with E-state index in [0.29, 0.717) is 5.56 Å². The smallest absolute Gasteiger partial charge is 0.335 e. The van der Waals surface area contributed by atoms with Crippen molar-refractivity contribution in [3.05, 3.63) is 52.8 Å². The summed E-state index contributed by atoms with van der Waals surface area (Å²) in [5.41, 5.74) is 3.55. The van der Waals surface area contributed by atoms with Crippen LogP contribution in [0.25, 0.3) is 0 Å². The van der Waals surface area contributed by atoms with E-state index in [1.807, 2.05) is 19.1 Å². The Hall–Kier alpha value is -2.43. The zero-order chi connectivity index (χ0) is 14.1. The first-order valence-electron chi connectivity index (χ1n) is 6.53. The fourth-order valence-corrected chi connectivity index (χ4v) is 2.44. The molecule has 0 amide bonds. The first-order valence-corrected chi connectivity index (χ1v) is 6.53. The molecule has 0 spiro atoms. The minimum absolute atomic E-state index is 0.351.